The number of nitrogens with one attached hydrogen (secondary N) is 1. The van der Waals surface area contributed by atoms with Crippen molar-refractivity contribution in [1.29, 1.82) is 0 Å². The van der Waals surface area contributed by atoms with Gasteiger partial charge < -0.3 is 9.30 Å². The molecule has 0 aromatic carbocycles. The van der Waals surface area contributed by atoms with Crippen LogP contribution >= 0.6 is 0 Å². The first kappa shape index (κ1) is 17.7. The number of ether oxygens (including phenoxy) is 1. The first-order valence-corrected chi connectivity index (χ1v) is 7.79. The Hall–Kier alpha value is -1.36. The number of esters is 1. The number of nitrogens with zero attached hydrogens (tertiary/aromatic N) is 2. The number of hydrogen-bond donors (Lipinski definition) is 1. The molecular formula is C16H29N3O2. The van der Waals surface area contributed by atoms with E-state index in [1.165, 1.54) is 7.11 Å². The second-order valence-electron chi connectivity index (χ2n) is 5.97. The number of unbranched alkanes of at least 4 members (excludes halogenated alkanes) is 1. The second-order valence-corrected chi connectivity index (χ2v) is 5.97. The lowest BCUT2D eigenvalue weighted by Gasteiger charge is -2.30. The third-order valence-electron chi connectivity index (χ3n) is 3.69. The van der Waals surface area contributed by atoms with Gasteiger partial charge in [-0.25, -0.2) is 4.98 Å². The smallest absolute Gasteiger partial charge is 0.325 e. The molecule has 0 spiro atoms. The molecule has 1 unspecified atom stereocenters. The lowest BCUT2D eigenvalue weighted by Crippen LogP contribution is -2.52. The van der Waals surface area contributed by atoms with Crippen molar-refractivity contribution in [1.82, 2.24) is 14.9 Å². The summed E-state index contributed by atoms with van der Waals surface area (Å²) in [6.07, 6.45) is 7.57. The molecule has 0 aliphatic carbocycles. The molecule has 0 amide bonds. The number of imidazole rings is 1. The minimum absolute atomic E-state index is 0.187. The molecule has 1 N–H and O–H groups in total. The molecule has 0 radical (unpaired) electrons. The highest BCUT2D eigenvalue weighted by atomic mass is 16.5. The van der Waals surface area contributed by atoms with Gasteiger partial charge in [0.15, 0.2) is 0 Å². The maximum Gasteiger partial charge on any atom is 0.325 e. The van der Waals surface area contributed by atoms with Crippen LogP contribution in [0.4, 0.5) is 0 Å². The maximum absolute atomic E-state index is 12.0. The second kappa shape index (κ2) is 8.17. The molecule has 120 valence electrons. The maximum atomic E-state index is 12.0. The van der Waals surface area contributed by atoms with Gasteiger partial charge in [0.2, 0.25) is 0 Å². The molecule has 0 fully saturated rings. The molecule has 5 nitrogen and oxygen atoms in total. The van der Waals surface area contributed by atoms with Crippen LogP contribution in [0, 0.1) is 0 Å². The average Bonchev–Trinajstić information content (AvgIpc) is 2.89. The molecular weight excluding hydrogens is 266 g/mol. The molecule has 21 heavy (non-hydrogen) atoms. The number of carbonyl (C=O) groups excluding carboxylic acids is 1. The predicted octanol–water partition coefficient (Wildman–Crippen LogP) is 2.55. The minimum atomic E-state index is -0.606. The Bertz CT molecular complexity index is 442. The van der Waals surface area contributed by atoms with Gasteiger partial charge in [-0.15, -0.1) is 0 Å². The van der Waals surface area contributed by atoms with Gasteiger partial charge in [-0.1, -0.05) is 6.92 Å². The van der Waals surface area contributed by atoms with Crippen LogP contribution in [-0.2, 0) is 22.5 Å². The number of methoxy groups -OCH3 is 1. The Morgan fingerprint density at radius 3 is 2.76 bits per heavy atom. The van der Waals surface area contributed by atoms with Crippen LogP contribution in [0.15, 0.2) is 12.4 Å². The summed E-state index contributed by atoms with van der Waals surface area (Å²) in [6.45, 7) is 9.07. The van der Waals surface area contributed by atoms with Crippen LogP contribution in [0.1, 0.15) is 52.8 Å². The molecule has 0 saturated carbocycles. The van der Waals surface area contributed by atoms with Crippen molar-refractivity contribution < 1.29 is 9.53 Å². The molecule has 0 bridgehead atoms. The monoisotopic (exact) mass is 295 g/mol. The SMILES string of the molecule is CCc1nccn1CCCCC(C)(NC(C)C)C(=O)OC. The Morgan fingerprint density at radius 2 is 2.19 bits per heavy atom. The van der Waals surface area contributed by atoms with Gasteiger partial charge in [0.1, 0.15) is 11.4 Å². The molecule has 1 atom stereocenters. The summed E-state index contributed by atoms with van der Waals surface area (Å²) in [5, 5.41) is 3.33. The summed E-state index contributed by atoms with van der Waals surface area (Å²) in [4.78, 5) is 16.3. The largest absolute Gasteiger partial charge is 0.468 e. The van der Waals surface area contributed by atoms with Crippen LogP contribution in [0.2, 0.25) is 0 Å². The highest BCUT2D eigenvalue weighted by Gasteiger charge is 2.33. The first-order valence-electron chi connectivity index (χ1n) is 7.79. The predicted molar refractivity (Wildman–Crippen MR) is 84.1 cm³/mol. The van der Waals surface area contributed by atoms with Gasteiger partial charge in [0.25, 0.3) is 0 Å². The Kier molecular flexibility index (Phi) is 6.89. The number of hydrogen-bond acceptors (Lipinski definition) is 4. The van der Waals surface area contributed by atoms with E-state index in [-0.39, 0.29) is 12.0 Å². The van der Waals surface area contributed by atoms with E-state index in [0.717, 1.165) is 38.1 Å². The topological polar surface area (TPSA) is 56.2 Å². The van der Waals surface area contributed by atoms with Crippen LogP contribution < -0.4 is 5.32 Å². The van der Waals surface area contributed by atoms with Gasteiger partial charge in [-0.2, -0.15) is 0 Å². The molecule has 0 aliphatic heterocycles. The number of aryl methyl sites for hydroxylation is 2. The van der Waals surface area contributed by atoms with Gasteiger partial charge in [0, 0.05) is 31.4 Å². The summed E-state index contributed by atoms with van der Waals surface area (Å²) in [5.41, 5.74) is -0.606. The van der Waals surface area contributed by atoms with Crippen molar-refractivity contribution in [3.63, 3.8) is 0 Å². The van der Waals surface area contributed by atoms with Crippen molar-refractivity contribution >= 4 is 5.97 Å². The molecule has 1 heterocycles. The summed E-state index contributed by atoms with van der Waals surface area (Å²) in [7, 11) is 1.45. The Morgan fingerprint density at radius 1 is 1.48 bits per heavy atom. The Labute approximate surface area is 128 Å². The van der Waals surface area contributed by atoms with Gasteiger partial charge in [0.05, 0.1) is 7.11 Å². The van der Waals surface area contributed by atoms with E-state index in [1.54, 1.807) is 0 Å². The van der Waals surface area contributed by atoms with E-state index in [0.29, 0.717) is 0 Å². The molecule has 1 aromatic heterocycles. The lowest BCUT2D eigenvalue weighted by molar-refractivity contribution is -0.148. The number of carbonyl (C=O) groups is 1. The van der Waals surface area contributed by atoms with Gasteiger partial charge in [-0.05, 0) is 40.0 Å². The van der Waals surface area contributed by atoms with E-state index < -0.39 is 5.54 Å². The van der Waals surface area contributed by atoms with Gasteiger partial charge >= 0.3 is 5.97 Å². The quantitative estimate of drug-likeness (QED) is 0.562. The fourth-order valence-corrected chi connectivity index (χ4v) is 2.71. The zero-order valence-electron chi connectivity index (χ0n) is 14.0. The lowest BCUT2D eigenvalue weighted by atomic mass is 9.94. The van der Waals surface area contributed by atoms with Crippen molar-refractivity contribution in [2.45, 2.75) is 71.5 Å². The molecule has 1 aromatic rings. The summed E-state index contributed by atoms with van der Waals surface area (Å²) < 4.78 is 7.12. The summed E-state index contributed by atoms with van der Waals surface area (Å²) in [6, 6.07) is 0.245. The minimum Gasteiger partial charge on any atom is -0.468 e. The first-order chi connectivity index (χ1) is 9.92. The zero-order chi connectivity index (χ0) is 15.9. The van der Waals surface area contributed by atoms with Crippen molar-refractivity contribution in [2.24, 2.45) is 0 Å². The average molecular weight is 295 g/mol. The van der Waals surface area contributed by atoms with Gasteiger partial charge in [-0.3, -0.25) is 10.1 Å². The van der Waals surface area contributed by atoms with E-state index in [2.05, 4.69) is 21.8 Å². The normalized spacial score (nSPS) is 14.2. The summed E-state index contributed by atoms with van der Waals surface area (Å²) in [5.74, 6) is 0.930. The van der Waals surface area contributed by atoms with E-state index in [4.69, 9.17) is 4.74 Å². The molecule has 0 aliphatic rings. The van der Waals surface area contributed by atoms with Crippen molar-refractivity contribution in [2.75, 3.05) is 7.11 Å². The Balaban J connectivity index is 2.48. The molecule has 1 rings (SSSR count). The van der Waals surface area contributed by atoms with Crippen molar-refractivity contribution in [3.8, 4) is 0 Å². The third-order valence-corrected chi connectivity index (χ3v) is 3.69. The highest BCUT2D eigenvalue weighted by molar-refractivity contribution is 5.80. The number of rotatable bonds is 9. The van der Waals surface area contributed by atoms with Crippen LogP contribution in [0.5, 0.6) is 0 Å². The highest BCUT2D eigenvalue weighted by Crippen LogP contribution is 2.17. The fourth-order valence-electron chi connectivity index (χ4n) is 2.71. The standard InChI is InChI=1S/C16H29N3O2/c1-6-14-17-10-12-19(14)11-8-7-9-16(4,15(20)21-5)18-13(2)3/h10,12-13,18H,6-9,11H2,1-5H3. The molecule has 0 saturated heterocycles. The van der Waals surface area contributed by atoms with Crippen LogP contribution in [0.3, 0.4) is 0 Å². The third kappa shape index (κ3) is 5.16. The zero-order valence-corrected chi connectivity index (χ0v) is 14.0. The van der Waals surface area contributed by atoms with E-state index in [9.17, 15) is 4.79 Å². The summed E-state index contributed by atoms with van der Waals surface area (Å²) >= 11 is 0. The van der Waals surface area contributed by atoms with Crippen LogP contribution in [0.25, 0.3) is 0 Å². The van der Waals surface area contributed by atoms with Crippen LogP contribution in [-0.4, -0.2) is 34.2 Å². The molecule has 5 heteroatoms. The van der Waals surface area contributed by atoms with E-state index >= 15 is 0 Å². The van der Waals surface area contributed by atoms with Crippen molar-refractivity contribution in [3.05, 3.63) is 18.2 Å². The fraction of sp³-hybridized carbons (Fsp3) is 0.750. The van der Waals surface area contributed by atoms with E-state index in [1.807, 2.05) is 33.2 Å². The number of aromatic nitrogens is 2.